The summed E-state index contributed by atoms with van der Waals surface area (Å²) in [5.41, 5.74) is 7.01. The zero-order valence-corrected chi connectivity index (χ0v) is 14.8. The number of phenolic OH excluding ortho intramolecular Hbond substituents is 1. The van der Waals surface area contributed by atoms with Crippen molar-refractivity contribution in [3.8, 4) is 11.8 Å². The van der Waals surface area contributed by atoms with Gasteiger partial charge in [-0.15, -0.1) is 0 Å². The van der Waals surface area contributed by atoms with E-state index in [-0.39, 0.29) is 11.3 Å². The van der Waals surface area contributed by atoms with E-state index in [0.717, 1.165) is 0 Å². The van der Waals surface area contributed by atoms with E-state index >= 15 is 0 Å². The third kappa shape index (κ3) is 3.94. The molecule has 7 heteroatoms. The lowest BCUT2D eigenvalue weighted by atomic mass is 10.1. The molecule has 134 valence electrons. The number of phenols is 1. The zero-order chi connectivity index (χ0) is 19.4. The molecule has 0 fully saturated rings. The van der Waals surface area contributed by atoms with E-state index in [9.17, 15) is 15.2 Å². The molecule has 0 spiro atoms. The summed E-state index contributed by atoms with van der Waals surface area (Å²) >= 11 is 6.07. The minimum absolute atomic E-state index is 0.110. The van der Waals surface area contributed by atoms with Crippen LogP contribution in [-0.4, -0.2) is 11.0 Å². The third-order valence-corrected chi connectivity index (χ3v) is 4.19. The Bertz CT molecular complexity index is 1100. The van der Waals surface area contributed by atoms with Crippen molar-refractivity contribution in [2.24, 2.45) is 0 Å². The largest absolute Gasteiger partial charge is 0.507 e. The Morgan fingerprint density at radius 3 is 2.59 bits per heavy atom. The maximum Gasteiger partial charge on any atom is 0.267 e. The Morgan fingerprint density at radius 2 is 1.85 bits per heavy atom. The average Bonchev–Trinajstić information content (AvgIpc) is 2.64. The van der Waals surface area contributed by atoms with Crippen LogP contribution >= 0.6 is 11.6 Å². The smallest absolute Gasteiger partial charge is 0.267 e. The monoisotopic (exact) mass is 378 g/mol. The standard InChI is InChI=1S/C20H15ClN4O2/c21-16-9-13(23)7-8-18(16)24-11-12(10-22)20(27)25-17-5-1-4-15-14(17)3-2-6-19(15)26/h1-9,11,24,26H,23H2,(H,25,27)/b12-11-. The van der Waals surface area contributed by atoms with E-state index in [2.05, 4.69) is 10.6 Å². The van der Waals surface area contributed by atoms with Crippen molar-refractivity contribution in [2.75, 3.05) is 16.4 Å². The molecule has 1 amide bonds. The number of nitrogens with one attached hydrogen (secondary N) is 2. The SMILES string of the molecule is N#C/C(=C/Nc1ccc(N)cc1Cl)C(=O)Nc1cccc2c(O)cccc12. The van der Waals surface area contributed by atoms with Crippen LogP contribution < -0.4 is 16.4 Å². The highest BCUT2D eigenvalue weighted by molar-refractivity contribution is 6.33. The van der Waals surface area contributed by atoms with Crippen molar-refractivity contribution >= 4 is 45.3 Å². The second kappa shape index (κ2) is 7.68. The lowest BCUT2D eigenvalue weighted by Crippen LogP contribution is -2.14. The van der Waals surface area contributed by atoms with Crippen LogP contribution in [0.25, 0.3) is 10.8 Å². The second-order valence-electron chi connectivity index (χ2n) is 5.69. The number of aromatic hydroxyl groups is 1. The van der Waals surface area contributed by atoms with Crippen molar-refractivity contribution in [2.45, 2.75) is 0 Å². The number of carbonyl (C=O) groups excluding carboxylic acids is 1. The number of nitrogens with two attached hydrogens (primary N) is 1. The van der Waals surface area contributed by atoms with Crippen molar-refractivity contribution in [1.29, 1.82) is 5.26 Å². The minimum Gasteiger partial charge on any atom is -0.507 e. The van der Waals surface area contributed by atoms with Crippen LogP contribution in [0.15, 0.2) is 66.4 Å². The number of benzene rings is 3. The summed E-state index contributed by atoms with van der Waals surface area (Å²) in [6.45, 7) is 0. The van der Waals surface area contributed by atoms with E-state index < -0.39 is 5.91 Å². The van der Waals surface area contributed by atoms with Gasteiger partial charge in [0, 0.05) is 28.3 Å². The molecule has 27 heavy (non-hydrogen) atoms. The molecule has 3 rings (SSSR count). The molecule has 0 saturated carbocycles. The summed E-state index contributed by atoms with van der Waals surface area (Å²) in [5, 5.41) is 26.4. The fourth-order valence-electron chi connectivity index (χ4n) is 2.54. The molecular formula is C20H15ClN4O2. The number of hydrogen-bond donors (Lipinski definition) is 4. The third-order valence-electron chi connectivity index (χ3n) is 3.88. The highest BCUT2D eigenvalue weighted by atomic mass is 35.5. The molecule has 0 atom stereocenters. The Morgan fingerprint density at radius 1 is 1.11 bits per heavy atom. The van der Waals surface area contributed by atoms with Gasteiger partial charge in [0.15, 0.2) is 0 Å². The van der Waals surface area contributed by atoms with Gasteiger partial charge in [0.25, 0.3) is 5.91 Å². The van der Waals surface area contributed by atoms with Crippen LogP contribution in [0.4, 0.5) is 17.1 Å². The van der Waals surface area contributed by atoms with Crippen molar-refractivity contribution in [1.82, 2.24) is 0 Å². The van der Waals surface area contributed by atoms with E-state index in [1.165, 1.54) is 6.20 Å². The quantitative estimate of drug-likeness (QED) is 0.308. The summed E-state index contributed by atoms with van der Waals surface area (Å²) in [5.74, 6) is -0.480. The van der Waals surface area contributed by atoms with E-state index in [4.69, 9.17) is 17.3 Å². The molecule has 6 nitrogen and oxygen atoms in total. The van der Waals surface area contributed by atoms with Crippen LogP contribution in [0, 0.1) is 11.3 Å². The van der Waals surface area contributed by atoms with Gasteiger partial charge in [-0.25, -0.2) is 0 Å². The first-order valence-corrected chi connectivity index (χ1v) is 8.31. The molecule has 0 bridgehead atoms. The normalized spacial score (nSPS) is 11.0. The summed E-state index contributed by atoms with van der Waals surface area (Å²) in [6.07, 6.45) is 1.27. The maximum atomic E-state index is 12.5. The number of hydrogen-bond acceptors (Lipinski definition) is 5. The first-order chi connectivity index (χ1) is 13.0. The molecule has 0 aliphatic heterocycles. The van der Waals surface area contributed by atoms with Crippen molar-refractivity contribution < 1.29 is 9.90 Å². The van der Waals surface area contributed by atoms with E-state index in [0.29, 0.717) is 32.9 Å². The number of carbonyl (C=O) groups is 1. The minimum atomic E-state index is -0.590. The Hall–Kier alpha value is -3.69. The van der Waals surface area contributed by atoms with E-state index in [1.54, 1.807) is 54.6 Å². The highest BCUT2D eigenvalue weighted by Crippen LogP contribution is 2.30. The van der Waals surface area contributed by atoms with Crippen molar-refractivity contribution in [3.05, 3.63) is 71.4 Å². The van der Waals surface area contributed by atoms with Gasteiger partial charge in [0.05, 0.1) is 10.7 Å². The van der Waals surface area contributed by atoms with Crippen LogP contribution in [0.2, 0.25) is 5.02 Å². The molecular weight excluding hydrogens is 364 g/mol. The van der Waals surface area contributed by atoms with Crippen LogP contribution in [-0.2, 0) is 4.79 Å². The number of halogens is 1. The van der Waals surface area contributed by atoms with Crippen molar-refractivity contribution in [3.63, 3.8) is 0 Å². The van der Waals surface area contributed by atoms with Gasteiger partial charge in [0.2, 0.25) is 0 Å². The van der Waals surface area contributed by atoms with Gasteiger partial charge in [0.1, 0.15) is 17.4 Å². The van der Waals surface area contributed by atoms with Crippen LogP contribution in [0.5, 0.6) is 5.75 Å². The number of nitrogen functional groups attached to an aromatic ring is 1. The van der Waals surface area contributed by atoms with Gasteiger partial charge in [-0.2, -0.15) is 5.26 Å². The Balaban J connectivity index is 1.84. The Kier molecular flexibility index (Phi) is 5.15. The summed E-state index contributed by atoms with van der Waals surface area (Å²) in [6, 6.07) is 16.9. The molecule has 5 N–H and O–H groups in total. The lowest BCUT2D eigenvalue weighted by molar-refractivity contribution is -0.112. The number of nitriles is 1. The Labute approximate surface area is 160 Å². The molecule has 0 aromatic heterocycles. The predicted molar refractivity (Wildman–Crippen MR) is 107 cm³/mol. The number of nitrogens with zero attached hydrogens (tertiary/aromatic N) is 1. The fraction of sp³-hybridized carbons (Fsp3) is 0. The van der Waals surface area contributed by atoms with E-state index in [1.807, 2.05) is 6.07 Å². The average molecular weight is 379 g/mol. The molecule has 0 unspecified atom stereocenters. The topological polar surface area (TPSA) is 111 Å². The van der Waals surface area contributed by atoms with Gasteiger partial charge >= 0.3 is 0 Å². The molecule has 0 aliphatic rings. The number of rotatable bonds is 4. The first-order valence-electron chi connectivity index (χ1n) is 7.93. The van der Waals surface area contributed by atoms with Crippen LogP contribution in [0.1, 0.15) is 0 Å². The molecule has 3 aromatic rings. The molecule has 0 heterocycles. The number of amides is 1. The first kappa shape index (κ1) is 18.1. The zero-order valence-electron chi connectivity index (χ0n) is 14.0. The summed E-state index contributed by atoms with van der Waals surface area (Å²) in [4.78, 5) is 12.5. The highest BCUT2D eigenvalue weighted by Gasteiger charge is 2.12. The van der Waals surface area contributed by atoms with Gasteiger partial charge in [-0.3, -0.25) is 4.79 Å². The molecule has 0 saturated heterocycles. The predicted octanol–water partition coefficient (Wildman–Crippen LogP) is 4.24. The molecule has 0 radical (unpaired) electrons. The van der Waals surface area contributed by atoms with Gasteiger partial charge < -0.3 is 21.5 Å². The fourth-order valence-corrected chi connectivity index (χ4v) is 2.78. The second-order valence-corrected chi connectivity index (χ2v) is 6.09. The number of anilines is 3. The van der Waals surface area contributed by atoms with Gasteiger partial charge in [-0.1, -0.05) is 35.9 Å². The van der Waals surface area contributed by atoms with Gasteiger partial charge in [-0.05, 0) is 30.3 Å². The maximum absolute atomic E-state index is 12.5. The molecule has 0 aliphatic carbocycles. The summed E-state index contributed by atoms with van der Waals surface area (Å²) in [7, 11) is 0. The lowest BCUT2D eigenvalue weighted by Gasteiger charge is -2.10. The summed E-state index contributed by atoms with van der Waals surface area (Å²) < 4.78 is 0. The number of fused-ring (bicyclic) bond motifs is 1. The molecule has 3 aromatic carbocycles. The van der Waals surface area contributed by atoms with Crippen LogP contribution in [0.3, 0.4) is 0 Å².